The van der Waals surface area contributed by atoms with Gasteiger partial charge in [0.2, 0.25) is 5.95 Å². The summed E-state index contributed by atoms with van der Waals surface area (Å²) in [4.78, 5) is 20.3. The molecule has 4 rings (SSSR count). The molecule has 120 valence electrons. The average molecular weight is 317 g/mol. The van der Waals surface area contributed by atoms with Crippen LogP contribution in [0.3, 0.4) is 0 Å². The van der Waals surface area contributed by atoms with Gasteiger partial charge >= 0.3 is 0 Å². The predicted octanol–water partition coefficient (Wildman–Crippen LogP) is 3.51. The Bertz CT molecular complexity index is 824. The Labute approximate surface area is 141 Å². The van der Waals surface area contributed by atoms with E-state index in [1.807, 2.05) is 37.5 Å². The Morgan fingerprint density at radius 3 is 2.38 bits per heavy atom. The molecule has 0 bridgehead atoms. The Kier molecular flexibility index (Phi) is 3.91. The van der Waals surface area contributed by atoms with Gasteiger partial charge in [-0.2, -0.15) is 0 Å². The van der Waals surface area contributed by atoms with Gasteiger partial charge in [0.1, 0.15) is 0 Å². The van der Waals surface area contributed by atoms with Crippen molar-refractivity contribution >= 4 is 5.95 Å². The molecular weight excluding hydrogens is 298 g/mol. The molecule has 1 saturated heterocycles. The van der Waals surface area contributed by atoms with Gasteiger partial charge in [0.25, 0.3) is 0 Å². The van der Waals surface area contributed by atoms with Crippen LogP contribution in [-0.4, -0.2) is 33.0 Å². The van der Waals surface area contributed by atoms with Gasteiger partial charge in [-0.1, -0.05) is 0 Å². The van der Waals surface area contributed by atoms with Crippen LogP contribution in [0.5, 0.6) is 0 Å². The van der Waals surface area contributed by atoms with Gasteiger partial charge in [0.15, 0.2) is 0 Å². The van der Waals surface area contributed by atoms with Crippen molar-refractivity contribution in [1.29, 1.82) is 0 Å². The van der Waals surface area contributed by atoms with Crippen molar-refractivity contribution < 1.29 is 0 Å². The van der Waals surface area contributed by atoms with E-state index < -0.39 is 0 Å². The minimum Gasteiger partial charge on any atom is -0.341 e. The quantitative estimate of drug-likeness (QED) is 0.740. The molecular formula is C19H19N5. The van der Waals surface area contributed by atoms with Gasteiger partial charge in [0, 0.05) is 54.7 Å². The Morgan fingerprint density at radius 2 is 1.67 bits per heavy atom. The highest BCUT2D eigenvalue weighted by atomic mass is 15.3. The van der Waals surface area contributed by atoms with E-state index in [9.17, 15) is 0 Å². The molecule has 5 heteroatoms. The highest BCUT2D eigenvalue weighted by molar-refractivity contribution is 5.80. The Hall–Kier alpha value is -2.82. The Morgan fingerprint density at radius 1 is 0.875 bits per heavy atom. The summed E-state index contributed by atoms with van der Waals surface area (Å²) in [6, 6.07) is 8.06. The van der Waals surface area contributed by atoms with Crippen LogP contribution in [-0.2, 0) is 0 Å². The molecule has 0 unspecified atom stereocenters. The number of hydrogen-bond acceptors (Lipinski definition) is 5. The first-order valence-corrected chi connectivity index (χ1v) is 8.27. The number of pyridine rings is 2. The first-order chi connectivity index (χ1) is 11.8. The molecule has 0 saturated carbocycles. The van der Waals surface area contributed by atoms with Crippen molar-refractivity contribution in [2.24, 2.45) is 0 Å². The van der Waals surface area contributed by atoms with Crippen LogP contribution in [0.4, 0.5) is 5.95 Å². The van der Waals surface area contributed by atoms with Gasteiger partial charge in [-0.05, 0) is 49.6 Å². The van der Waals surface area contributed by atoms with Crippen LogP contribution >= 0.6 is 0 Å². The number of anilines is 1. The lowest BCUT2D eigenvalue weighted by Crippen LogP contribution is -2.20. The molecule has 0 N–H and O–H groups in total. The van der Waals surface area contributed by atoms with Gasteiger partial charge < -0.3 is 4.90 Å². The van der Waals surface area contributed by atoms with E-state index in [4.69, 9.17) is 4.98 Å². The van der Waals surface area contributed by atoms with Crippen molar-refractivity contribution in [1.82, 2.24) is 19.9 Å². The molecule has 0 amide bonds. The average Bonchev–Trinajstić information content (AvgIpc) is 3.17. The van der Waals surface area contributed by atoms with E-state index in [2.05, 4.69) is 25.9 Å². The smallest absolute Gasteiger partial charge is 0.225 e. The van der Waals surface area contributed by atoms with Gasteiger partial charge in [0.05, 0.1) is 5.69 Å². The maximum absolute atomic E-state index is 4.89. The first-order valence-electron chi connectivity index (χ1n) is 8.27. The SMILES string of the molecule is Cc1ccc(-c2nc(N3CCCC3)ncc2-c2ccncc2)cn1. The third-order valence-corrected chi connectivity index (χ3v) is 4.34. The zero-order chi connectivity index (χ0) is 16.4. The molecule has 0 radical (unpaired) electrons. The Balaban J connectivity index is 1.85. The van der Waals surface area contributed by atoms with Crippen molar-refractivity contribution in [2.75, 3.05) is 18.0 Å². The second-order valence-electron chi connectivity index (χ2n) is 6.05. The van der Waals surface area contributed by atoms with Gasteiger partial charge in [-0.25, -0.2) is 9.97 Å². The first kappa shape index (κ1) is 14.8. The molecule has 1 fully saturated rings. The van der Waals surface area contributed by atoms with Crippen molar-refractivity contribution in [3.8, 4) is 22.4 Å². The molecule has 0 spiro atoms. The lowest BCUT2D eigenvalue weighted by Gasteiger charge is -2.17. The van der Waals surface area contributed by atoms with Crippen LogP contribution in [0.15, 0.2) is 49.1 Å². The van der Waals surface area contributed by atoms with Crippen LogP contribution in [0.1, 0.15) is 18.5 Å². The van der Waals surface area contributed by atoms with Gasteiger partial charge in [-0.3, -0.25) is 9.97 Å². The van der Waals surface area contributed by atoms with Crippen LogP contribution in [0.2, 0.25) is 0 Å². The summed E-state index contributed by atoms with van der Waals surface area (Å²) in [5.41, 5.74) is 5.00. The van der Waals surface area contributed by atoms with E-state index >= 15 is 0 Å². The second-order valence-corrected chi connectivity index (χ2v) is 6.05. The fraction of sp³-hybridized carbons (Fsp3) is 0.263. The molecule has 3 aromatic rings. The molecule has 0 atom stereocenters. The van der Waals surface area contributed by atoms with Crippen molar-refractivity contribution in [3.63, 3.8) is 0 Å². The summed E-state index contributed by atoms with van der Waals surface area (Å²) >= 11 is 0. The molecule has 5 nitrogen and oxygen atoms in total. The van der Waals surface area contributed by atoms with Crippen LogP contribution in [0.25, 0.3) is 22.4 Å². The molecule has 24 heavy (non-hydrogen) atoms. The van der Waals surface area contributed by atoms with E-state index in [1.54, 1.807) is 12.4 Å². The number of nitrogens with zero attached hydrogens (tertiary/aromatic N) is 5. The summed E-state index contributed by atoms with van der Waals surface area (Å²) in [6.07, 6.45) is 9.80. The van der Waals surface area contributed by atoms with Crippen molar-refractivity contribution in [2.45, 2.75) is 19.8 Å². The van der Waals surface area contributed by atoms with E-state index in [1.165, 1.54) is 12.8 Å². The normalized spacial score (nSPS) is 14.1. The monoisotopic (exact) mass is 317 g/mol. The van der Waals surface area contributed by atoms with E-state index in [0.717, 1.165) is 47.1 Å². The predicted molar refractivity (Wildman–Crippen MR) is 94.7 cm³/mol. The standard InChI is InChI=1S/C19H19N5/c1-14-4-5-16(12-21-14)18-17(15-6-8-20-9-7-15)13-22-19(23-18)24-10-2-3-11-24/h4-9,12-13H,2-3,10-11H2,1H3. The summed E-state index contributed by atoms with van der Waals surface area (Å²) in [5, 5.41) is 0. The zero-order valence-electron chi connectivity index (χ0n) is 13.7. The topological polar surface area (TPSA) is 54.8 Å². The van der Waals surface area contributed by atoms with Crippen molar-refractivity contribution in [3.05, 3.63) is 54.7 Å². The summed E-state index contributed by atoms with van der Waals surface area (Å²) in [5.74, 6) is 0.806. The molecule has 0 aromatic carbocycles. The number of aromatic nitrogens is 4. The molecule has 4 heterocycles. The summed E-state index contributed by atoms with van der Waals surface area (Å²) in [7, 11) is 0. The minimum absolute atomic E-state index is 0.806. The van der Waals surface area contributed by atoms with Crippen LogP contribution in [0, 0.1) is 6.92 Å². The van der Waals surface area contributed by atoms with Crippen LogP contribution < -0.4 is 4.90 Å². The second kappa shape index (κ2) is 6.35. The molecule has 1 aliphatic heterocycles. The third-order valence-electron chi connectivity index (χ3n) is 4.34. The number of aryl methyl sites for hydroxylation is 1. The largest absolute Gasteiger partial charge is 0.341 e. The van der Waals surface area contributed by atoms with Gasteiger partial charge in [-0.15, -0.1) is 0 Å². The fourth-order valence-electron chi connectivity index (χ4n) is 3.01. The lowest BCUT2D eigenvalue weighted by atomic mass is 10.0. The summed E-state index contributed by atoms with van der Waals surface area (Å²) < 4.78 is 0. The van der Waals surface area contributed by atoms with E-state index in [0.29, 0.717) is 0 Å². The molecule has 0 aliphatic carbocycles. The maximum Gasteiger partial charge on any atom is 0.225 e. The minimum atomic E-state index is 0.806. The fourth-order valence-corrected chi connectivity index (χ4v) is 3.01. The number of hydrogen-bond donors (Lipinski definition) is 0. The van der Waals surface area contributed by atoms with E-state index in [-0.39, 0.29) is 0 Å². The third kappa shape index (κ3) is 2.85. The molecule has 1 aliphatic rings. The highest BCUT2D eigenvalue weighted by Gasteiger charge is 2.18. The molecule has 3 aromatic heterocycles. The lowest BCUT2D eigenvalue weighted by molar-refractivity contribution is 0.900. The zero-order valence-corrected chi connectivity index (χ0v) is 13.7. The summed E-state index contributed by atoms with van der Waals surface area (Å²) in [6.45, 7) is 4.05. The highest BCUT2D eigenvalue weighted by Crippen LogP contribution is 2.31. The maximum atomic E-state index is 4.89. The number of rotatable bonds is 3.